The molecule has 0 aromatic heterocycles. The largest absolute Gasteiger partial charge is 0.454 e. The normalized spacial score (nSPS) is 27.5. The molecule has 0 fully saturated rings. The summed E-state index contributed by atoms with van der Waals surface area (Å²) in [6.45, 7) is 11.2. The summed E-state index contributed by atoms with van der Waals surface area (Å²) in [5, 5.41) is 0.0253. The van der Waals surface area contributed by atoms with Crippen LogP contribution >= 0.6 is 15.9 Å². The molecule has 0 amide bonds. The summed E-state index contributed by atoms with van der Waals surface area (Å²) in [7, 11) is -0.452. The molecule has 0 bridgehead atoms. The van der Waals surface area contributed by atoms with Crippen LogP contribution in [0, 0.1) is 0 Å². The van der Waals surface area contributed by atoms with Gasteiger partial charge >= 0.3 is 0 Å². The topological polar surface area (TPSA) is 54.0 Å². The van der Waals surface area contributed by atoms with Crippen LogP contribution in [0.2, 0.25) is 18.1 Å². The third kappa shape index (κ3) is 3.69. The average Bonchev–Trinajstić information content (AvgIpc) is 3.09. The summed E-state index contributed by atoms with van der Waals surface area (Å²) in [5.41, 5.74) is -0.0911. The van der Waals surface area contributed by atoms with E-state index in [1.807, 2.05) is 24.3 Å². The van der Waals surface area contributed by atoms with Crippen LogP contribution < -0.4 is 9.47 Å². The van der Waals surface area contributed by atoms with Crippen molar-refractivity contribution in [1.82, 2.24) is 0 Å². The lowest BCUT2D eigenvalue weighted by molar-refractivity contribution is -0.115. The SMILES string of the molecule is CO[C@@H]1C[C@@H](O[Si](C)(C)C(C)(C)C)[C@@](C=O)(c2ccc3c(c2)OCO3)C=C1Br. The van der Waals surface area contributed by atoms with Gasteiger partial charge in [0.05, 0.1) is 17.6 Å². The van der Waals surface area contributed by atoms with Crippen molar-refractivity contribution in [2.75, 3.05) is 13.9 Å². The van der Waals surface area contributed by atoms with Gasteiger partial charge in [-0.15, -0.1) is 0 Å². The molecule has 1 aliphatic carbocycles. The van der Waals surface area contributed by atoms with Crippen LogP contribution in [0.1, 0.15) is 32.8 Å². The molecule has 1 aromatic rings. The Hall–Kier alpha value is -1.15. The molecule has 154 valence electrons. The third-order valence-corrected chi connectivity index (χ3v) is 11.5. The van der Waals surface area contributed by atoms with Gasteiger partial charge in [-0.05, 0) is 35.8 Å². The fraction of sp³-hybridized carbons (Fsp3) is 0.571. The zero-order chi connectivity index (χ0) is 20.7. The van der Waals surface area contributed by atoms with Gasteiger partial charge in [-0.1, -0.05) is 48.8 Å². The van der Waals surface area contributed by atoms with E-state index in [0.29, 0.717) is 17.9 Å². The molecule has 3 atom stereocenters. The molecule has 5 nitrogen and oxygen atoms in total. The van der Waals surface area contributed by atoms with Gasteiger partial charge in [0.1, 0.15) is 6.29 Å². The van der Waals surface area contributed by atoms with Crippen molar-refractivity contribution in [2.24, 2.45) is 0 Å². The lowest BCUT2D eigenvalue weighted by atomic mass is 9.71. The number of carbonyl (C=O) groups excluding carboxylic acids is 1. The Bertz CT molecular complexity index is 785. The van der Waals surface area contributed by atoms with Crippen molar-refractivity contribution in [2.45, 2.75) is 62.9 Å². The standard InChI is InChI=1S/C21H29BrO5Si/c1-20(2,3)28(5,6)27-19-10-17(24-4)15(22)11-21(19,12-23)14-7-8-16-18(9-14)26-13-25-16/h7-9,11-12,17,19H,10,13H2,1-6H3/t17-,19-,21+/m1/s1. The number of hydrogen-bond donors (Lipinski definition) is 0. The second-order valence-corrected chi connectivity index (χ2v) is 14.6. The summed E-state index contributed by atoms with van der Waals surface area (Å²) in [6, 6.07) is 5.67. The molecule has 7 heteroatoms. The van der Waals surface area contributed by atoms with Crippen LogP contribution in [-0.4, -0.2) is 40.7 Å². The van der Waals surface area contributed by atoms with Crippen molar-refractivity contribution >= 4 is 30.5 Å². The van der Waals surface area contributed by atoms with Gasteiger partial charge in [-0.2, -0.15) is 0 Å². The number of methoxy groups -OCH3 is 1. The lowest BCUT2D eigenvalue weighted by Gasteiger charge is -2.47. The number of aldehydes is 1. The number of ether oxygens (including phenoxy) is 3. The molecule has 1 heterocycles. The molecule has 1 aliphatic heterocycles. The second-order valence-electron chi connectivity index (χ2n) is 8.97. The fourth-order valence-electron chi connectivity index (χ4n) is 3.42. The Morgan fingerprint density at radius 1 is 1.25 bits per heavy atom. The van der Waals surface area contributed by atoms with Crippen molar-refractivity contribution in [3.8, 4) is 11.5 Å². The van der Waals surface area contributed by atoms with Gasteiger partial charge < -0.3 is 23.4 Å². The number of rotatable bonds is 5. The molecular weight excluding hydrogens is 440 g/mol. The highest BCUT2D eigenvalue weighted by Crippen LogP contribution is 2.47. The van der Waals surface area contributed by atoms with E-state index >= 15 is 0 Å². The van der Waals surface area contributed by atoms with Gasteiger partial charge in [0.15, 0.2) is 19.8 Å². The molecular formula is C21H29BrO5Si. The number of halogens is 1. The van der Waals surface area contributed by atoms with Crippen molar-refractivity contribution < 1.29 is 23.4 Å². The van der Waals surface area contributed by atoms with E-state index in [9.17, 15) is 4.79 Å². The lowest BCUT2D eigenvalue weighted by Crippen LogP contribution is -2.54. The van der Waals surface area contributed by atoms with E-state index in [1.54, 1.807) is 7.11 Å². The average molecular weight is 469 g/mol. The smallest absolute Gasteiger partial charge is 0.231 e. The molecule has 0 unspecified atom stereocenters. The number of hydrogen-bond acceptors (Lipinski definition) is 5. The fourth-order valence-corrected chi connectivity index (χ4v) is 5.52. The Morgan fingerprint density at radius 2 is 1.93 bits per heavy atom. The maximum Gasteiger partial charge on any atom is 0.231 e. The zero-order valence-corrected chi connectivity index (χ0v) is 20.0. The Labute approximate surface area is 176 Å². The van der Waals surface area contributed by atoms with E-state index in [1.165, 1.54) is 0 Å². The molecule has 0 saturated heterocycles. The predicted molar refractivity (Wildman–Crippen MR) is 115 cm³/mol. The van der Waals surface area contributed by atoms with Crippen LogP contribution in [0.5, 0.6) is 11.5 Å². The maximum atomic E-state index is 12.6. The van der Waals surface area contributed by atoms with Crippen LogP contribution in [0.15, 0.2) is 28.8 Å². The first-order valence-corrected chi connectivity index (χ1v) is 13.2. The zero-order valence-electron chi connectivity index (χ0n) is 17.4. The van der Waals surface area contributed by atoms with E-state index in [0.717, 1.165) is 16.3 Å². The first kappa shape index (κ1) is 21.6. The number of benzene rings is 1. The van der Waals surface area contributed by atoms with E-state index < -0.39 is 13.7 Å². The summed E-state index contributed by atoms with van der Waals surface area (Å²) in [4.78, 5) is 12.6. The quantitative estimate of drug-likeness (QED) is 0.452. The van der Waals surface area contributed by atoms with Crippen LogP contribution in [0.25, 0.3) is 0 Å². The Morgan fingerprint density at radius 3 is 2.54 bits per heavy atom. The van der Waals surface area contributed by atoms with Gasteiger partial charge in [0, 0.05) is 18.0 Å². The summed E-state index contributed by atoms with van der Waals surface area (Å²) >= 11 is 3.61. The molecule has 3 rings (SSSR count). The predicted octanol–water partition coefficient (Wildman–Crippen LogP) is 4.94. The molecule has 2 aliphatic rings. The molecule has 0 N–H and O–H groups in total. The third-order valence-electron chi connectivity index (χ3n) is 6.24. The summed E-state index contributed by atoms with van der Waals surface area (Å²) < 4.78 is 24.3. The Balaban J connectivity index is 2.10. The highest BCUT2D eigenvalue weighted by molar-refractivity contribution is 9.11. The highest BCUT2D eigenvalue weighted by atomic mass is 79.9. The van der Waals surface area contributed by atoms with Crippen molar-refractivity contribution in [3.05, 3.63) is 34.3 Å². The first-order valence-electron chi connectivity index (χ1n) is 9.49. The first-order chi connectivity index (χ1) is 13.0. The number of carbonyl (C=O) groups is 1. The maximum absolute atomic E-state index is 12.6. The van der Waals surface area contributed by atoms with E-state index in [4.69, 9.17) is 18.6 Å². The monoisotopic (exact) mass is 468 g/mol. The summed E-state index contributed by atoms with van der Waals surface area (Å²) in [6.07, 6.45) is 3.05. The molecule has 0 radical (unpaired) electrons. The van der Waals surface area contributed by atoms with Gasteiger partial charge in [-0.25, -0.2) is 0 Å². The van der Waals surface area contributed by atoms with Gasteiger partial charge in [0.25, 0.3) is 0 Å². The van der Waals surface area contributed by atoms with E-state index in [-0.39, 0.29) is 24.0 Å². The number of fused-ring (bicyclic) bond motifs is 1. The minimum atomic E-state index is -2.13. The summed E-state index contributed by atoms with van der Waals surface area (Å²) in [5.74, 6) is 1.35. The Kier molecular flexibility index (Phi) is 5.84. The van der Waals surface area contributed by atoms with E-state index in [2.05, 4.69) is 49.8 Å². The molecule has 0 spiro atoms. The minimum absolute atomic E-state index is 0.0253. The minimum Gasteiger partial charge on any atom is -0.454 e. The molecule has 0 saturated carbocycles. The van der Waals surface area contributed by atoms with Crippen LogP contribution in [0.3, 0.4) is 0 Å². The van der Waals surface area contributed by atoms with Gasteiger partial charge in [-0.3, -0.25) is 0 Å². The van der Waals surface area contributed by atoms with Crippen molar-refractivity contribution in [1.29, 1.82) is 0 Å². The van der Waals surface area contributed by atoms with Crippen LogP contribution in [-0.2, 0) is 19.4 Å². The second kappa shape index (κ2) is 7.59. The highest BCUT2D eigenvalue weighted by Gasteiger charge is 2.50. The van der Waals surface area contributed by atoms with Gasteiger partial charge in [0.2, 0.25) is 6.79 Å². The molecule has 1 aromatic carbocycles. The molecule has 28 heavy (non-hydrogen) atoms. The van der Waals surface area contributed by atoms with Crippen LogP contribution in [0.4, 0.5) is 0 Å². The van der Waals surface area contributed by atoms with Crippen molar-refractivity contribution in [3.63, 3.8) is 0 Å².